The second-order valence-electron chi connectivity index (χ2n) is 6.09. The molecule has 1 aliphatic heterocycles. The van der Waals surface area contributed by atoms with Gasteiger partial charge in [0, 0.05) is 24.2 Å². The molecule has 1 aromatic carbocycles. The van der Waals surface area contributed by atoms with Gasteiger partial charge in [-0.2, -0.15) is 0 Å². The van der Waals surface area contributed by atoms with Crippen molar-refractivity contribution in [3.63, 3.8) is 0 Å². The summed E-state index contributed by atoms with van der Waals surface area (Å²) in [6.45, 7) is 5.38. The molecule has 0 aliphatic carbocycles. The molecule has 0 spiro atoms. The van der Waals surface area contributed by atoms with Crippen LogP contribution in [0.5, 0.6) is 0 Å². The normalized spacial score (nSPS) is 21.3. The summed E-state index contributed by atoms with van der Waals surface area (Å²) in [6.07, 6.45) is 0.946. The van der Waals surface area contributed by atoms with Crippen LogP contribution in [-0.4, -0.2) is 35.1 Å². The molecule has 3 rings (SSSR count). The van der Waals surface area contributed by atoms with E-state index in [0.717, 1.165) is 12.0 Å². The first-order valence-corrected chi connectivity index (χ1v) is 7.63. The highest BCUT2D eigenvalue weighted by Gasteiger charge is 2.33. The molecule has 1 fully saturated rings. The Balaban J connectivity index is 1.79. The molecule has 2 atom stereocenters. The molecule has 0 radical (unpaired) electrons. The molecule has 2 heterocycles. The van der Waals surface area contributed by atoms with Crippen molar-refractivity contribution in [2.24, 2.45) is 11.7 Å². The summed E-state index contributed by atoms with van der Waals surface area (Å²) in [6, 6.07) is 9.89. The van der Waals surface area contributed by atoms with Gasteiger partial charge < -0.3 is 15.2 Å². The van der Waals surface area contributed by atoms with Crippen molar-refractivity contribution in [3.8, 4) is 11.3 Å². The summed E-state index contributed by atoms with van der Waals surface area (Å²) in [7, 11) is 0. The summed E-state index contributed by atoms with van der Waals surface area (Å²) in [5, 5.41) is 4.03. The van der Waals surface area contributed by atoms with Gasteiger partial charge in [-0.25, -0.2) is 0 Å². The average molecular weight is 299 g/mol. The van der Waals surface area contributed by atoms with Crippen molar-refractivity contribution in [2.45, 2.75) is 26.3 Å². The number of nitrogens with zero attached hydrogens (tertiary/aromatic N) is 2. The lowest BCUT2D eigenvalue weighted by molar-refractivity contribution is 0.0701. The molecular weight excluding hydrogens is 278 g/mol. The maximum Gasteiger partial charge on any atom is 0.292 e. The number of aryl methyl sites for hydroxylation is 1. The molecule has 22 heavy (non-hydrogen) atoms. The van der Waals surface area contributed by atoms with E-state index in [-0.39, 0.29) is 11.9 Å². The van der Waals surface area contributed by atoms with E-state index in [9.17, 15) is 4.79 Å². The second-order valence-corrected chi connectivity index (χ2v) is 6.09. The first-order valence-electron chi connectivity index (χ1n) is 7.63. The van der Waals surface area contributed by atoms with Crippen LogP contribution in [0.25, 0.3) is 11.3 Å². The number of amides is 1. The zero-order chi connectivity index (χ0) is 15.7. The van der Waals surface area contributed by atoms with Crippen LogP contribution in [0.15, 0.2) is 34.9 Å². The second kappa shape index (κ2) is 5.93. The average Bonchev–Trinajstić information content (AvgIpc) is 3.14. The van der Waals surface area contributed by atoms with Crippen molar-refractivity contribution in [1.29, 1.82) is 0 Å². The van der Waals surface area contributed by atoms with Gasteiger partial charge in [-0.05, 0) is 32.7 Å². The van der Waals surface area contributed by atoms with E-state index < -0.39 is 0 Å². The number of likely N-dealkylation sites (tertiary alicyclic amines) is 1. The standard InChI is InChI=1S/C17H21N3O2/c1-11-3-5-14(6-4-11)15-8-16(22-19-15)17(21)20-10-13(9-18)7-12(20)2/h3-6,8,12-13H,7,9-10,18H2,1-2H3. The number of carbonyl (C=O) groups excluding carboxylic acids is 1. The Kier molecular flexibility index (Phi) is 3.98. The maximum absolute atomic E-state index is 12.6. The summed E-state index contributed by atoms with van der Waals surface area (Å²) in [5.74, 6) is 0.563. The lowest BCUT2D eigenvalue weighted by Crippen LogP contribution is -2.34. The molecule has 0 bridgehead atoms. The summed E-state index contributed by atoms with van der Waals surface area (Å²) >= 11 is 0. The van der Waals surface area contributed by atoms with E-state index in [1.54, 1.807) is 6.07 Å². The fourth-order valence-corrected chi connectivity index (χ4v) is 2.97. The monoisotopic (exact) mass is 299 g/mol. The Hall–Kier alpha value is -2.14. The Labute approximate surface area is 130 Å². The van der Waals surface area contributed by atoms with E-state index in [1.165, 1.54) is 5.56 Å². The van der Waals surface area contributed by atoms with Crippen LogP contribution in [0.2, 0.25) is 0 Å². The van der Waals surface area contributed by atoms with Gasteiger partial charge in [0.15, 0.2) is 0 Å². The molecular formula is C17H21N3O2. The van der Waals surface area contributed by atoms with Gasteiger partial charge in [0.25, 0.3) is 5.91 Å². The number of hydrogen-bond donors (Lipinski definition) is 1. The Bertz CT molecular complexity index is 663. The van der Waals surface area contributed by atoms with Crippen LogP contribution < -0.4 is 5.73 Å². The summed E-state index contributed by atoms with van der Waals surface area (Å²) in [4.78, 5) is 14.4. The minimum atomic E-state index is -0.102. The van der Waals surface area contributed by atoms with E-state index in [2.05, 4.69) is 5.16 Å². The van der Waals surface area contributed by atoms with Crippen molar-refractivity contribution in [2.75, 3.05) is 13.1 Å². The number of benzene rings is 1. The lowest BCUT2D eigenvalue weighted by Gasteiger charge is -2.19. The van der Waals surface area contributed by atoms with Crippen LogP contribution in [0.4, 0.5) is 0 Å². The van der Waals surface area contributed by atoms with Gasteiger partial charge in [0.2, 0.25) is 5.76 Å². The highest BCUT2D eigenvalue weighted by atomic mass is 16.5. The van der Waals surface area contributed by atoms with Gasteiger partial charge >= 0.3 is 0 Å². The molecule has 2 N–H and O–H groups in total. The van der Waals surface area contributed by atoms with Crippen LogP contribution in [-0.2, 0) is 0 Å². The molecule has 2 unspecified atom stereocenters. The highest BCUT2D eigenvalue weighted by Crippen LogP contribution is 2.26. The van der Waals surface area contributed by atoms with E-state index in [0.29, 0.717) is 30.5 Å². The van der Waals surface area contributed by atoms with Crippen LogP contribution in [0, 0.1) is 12.8 Å². The Morgan fingerprint density at radius 1 is 1.41 bits per heavy atom. The van der Waals surface area contributed by atoms with Crippen molar-refractivity contribution in [1.82, 2.24) is 10.1 Å². The molecule has 5 heteroatoms. The number of aromatic nitrogens is 1. The third-order valence-electron chi connectivity index (χ3n) is 4.32. The van der Waals surface area contributed by atoms with Gasteiger partial charge in [-0.3, -0.25) is 4.79 Å². The number of carbonyl (C=O) groups is 1. The summed E-state index contributed by atoms with van der Waals surface area (Å²) < 4.78 is 5.27. The fourth-order valence-electron chi connectivity index (χ4n) is 2.97. The molecule has 1 amide bonds. The fraction of sp³-hybridized carbons (Fsp3) is 0.412. The van der Waals surface area contributed by atoms with Gasteiger partial charge in [-0.15, -0.1) is 0 Å². The first-order chi connectivity index (χ1) is 10.6. The molecule has 1 saturated heterocycles. The van der Waals surface area contributed by atoms with E-state index >= 15 is 0 Å². The van der Waals surface area contributed by atoms with E-state index in [1.807, 2.05) is 43.0 Å². The van der Waals surface area contributed by atoms with Crippen LogP contribution >= 0.6 is 0 Å². The van der Waals surface area contributed by atoms with E-state index in [4.69, 9.17) is 10.3 Å². The maximum atomic E-state index is 12.6. The van der Waals surface area contributed by atoms with Crippen LogP contribution in [0.3, 0.4) is 0 Å². The van der Waals surface area contributed by atoms with Crippen LogP contribution in [0.1, 0.15) is 29.5 Å². The number of rotatable bonds is 3. The molecule has 5 nitrogen and oxygen atoms in total. The lowest BCUT2D eigenvalue weighted by atomic mass is 10.1. The predicted octanol–water partition coefficient (Wildman–Crippen LogP) is 2.46. The first kappa shape index (κ1) is 14.8. The van der Waals surface area contributed by atoms with Crippen molar-refractivity contribution >= 4 is 5.91 Å². The predicted molar refractivity (Wildman–Crippen MR) is 84.3 cm³/mol. The number of hydrogen-bond acceptors (Lipinski definition) is 4. The Morgan fingerprint density at radius 2 is 2.14 bits per heavy atom. The van der Waals surface area contributed by atoms with Crippen molar-refractivity contribution < 1.29 is 9.32 Å². The molecule has 1 aliphatic rings. The topological polar surface area (TPSA) is 72.4 Å². The Morgan fingerprint density at radius 3 is 2.77 bits per heavy atom. The zero-order valence-electron chi connectivity index (χ0n) is 13.0. The zero-order valence-corrected chi connectivity index (χ0v) is 13.0. The largest absolute Gasteiger partial charge is 0.350 e. The van der Waals surface area contributed by atoms with Gasteiger partial charge in [0.05, 0.1) is 0 Å². The molecule has 116 valence electrons. The SMILES string of the molecule is Cc1ccc(-c2cc(C(=O)N3CC(CN)CC3C)on2)cc1. The summed E-state index contributed by atoms with van der Waals surface area (Å²) in [5.41, 5.74) is 8.53. The quantitative estimate of drug-likeness (QED) is 0.945. The number of nitrogens with two attached hydrogens (primary N) is 1. The van der Waals surface area contributed by atoms with Crippen molar-refractivity contribution in [3.05, 3.63) is 41.7 Å². The molecule has 2 aromatic rings. The smallest absolute Gasteiger partial charge is 0.292 e. The van der Waals surface area contributed by atoms with Gasteiger partial charge in [0.1, 0.15) is 5.69 Å². The highest BCUT2D eigenvalue weighted by molar-refractivity contribution is 5.92. The third-order valence-corrected chi connectivity index (χ3v) is 4.32. The molecule has 0 saturated carbocycles. The van der Waals surface area contributed by atoms with Gasteiger partial charge in [-0.1, -0.05) is 35.0 Å². The minimum absolute atomic E-state index is 0.102. The molecule has 1 aromatic heterocycles. The minimum Gasteiger partial charge on any atom is -0.350 e. The third kappa shape index (κ3) is 2.76.